The molecule has 2 unspecified atom stereocenters. The number of nitrogens with zero attached hydrogens (tertiary/aromatic N) is 1. The van der Waals surface area contributed by atoms with Crippen LogP contribution >= 0.6 is 23.5 Å². The molecule has 1 saturated heterocycles. The molecule has 20 heteroatoms. The number of hydrogen-bond donors (Lipinski definition) is 7. The van der Waals surface area contributed by atoms with Gasteiger partial charge >= 0.3 is 29.2 Å². The van der Waals surface area contributed by atoms with Crippen molar-refractivity contribution in [2.24, 2.45) is 0 Å². The zero-order valence-corrected chi connectivity index (χ0v) is 20.5. The Balaban J connectivity index is 1.72. The van der Waals surface area contributed by atoms with Crippen LogP contribution in [0.3, 0.4) is 0 Å². The Labute approximate surface area is 196 Å². The lowest BCUT2D eigenvalue weighted by molar-refractivity contribution is -0.0229. The molecule has 1 aliphatic carbocycles. The Bertz CT molecular complexity index is 1170. The molecule has 1 aromatic heterocycles. The highest BCUT2D eigenvalue weighted by Gasteiger charge is 2.47. The van der Waals surface area contributed by atoms with Gasteiger partial charge in [-0.15, -0.1) is 0 Å². The van der Waals surface area contributed by atoms with Crippen LogP contribution in [0.4, 0.5) is 0 Å². The van der Waals surface area contributed by atoms with Gasteiger partial charge in [0.15, 0.2) is 0 Å². The molecule has 0 spiro atoms. The minimum Gasteiger partial charge on any atom is -0.387 e. The SMILES string of the molecule is O=c1[nH]c(=O)n(C2CCCCC2)cc1[C@@H]1O[C@H](COP(=O)(O)OP(=O)(O)OP(=O)(O)O)[C@@H](O)[C@H]1O. The lowest BCUT2D eigenvalue weighted by Crippen LogP contribution is -2.37. The molecule has 1 aliphatic heterocycles. The first-order valence-electron chi connectivity index (χ1n) is 10.2. The molecule has 2 fully saturated rings. The first-order valence-corrected chi connectivity index (χ1v) is 14.8. The number of aliphatic hydroxyl groups excluding tert-OH is 2. The van der Waals surface area contributed by atoms with Crippen LogP contribution in [-0.4, -0.2) is 64.3 Å². The van der Waals surface area contributed by atoms with Gasteiger partial charge in [0.05, 0.1) is 12.2 Å². The molecule has 200 valence electrons. The van der Waals surface area contributed by atoms with Crippen LogP contribution in [0.2, 0.25) is 0 Å². The van der Waals surface area contributed by atoms with E-state index in [9.17, 15) is 38.4 Å². The lowest BCUT2D eigenvalue weighted by Gasteiger charge is -2.25. The zero-order chi connectivity index (χ0) is 26.2. The van der Waals surface area contributed by atoms with E-state index in [2.05, 4.69) is 18.1 Å². The van der Waals surface area contributed by atoms with Gasteiger partial charge in [-0.1, -0.05) is 19.3 Å². The zero-order valence-electron chi connectivity index (χ0n) is 17.9. The van der Waals surface area contributed by atoms with Crippen molar-refractivity contribution in [2.75, 3.05) is 6.61 Å². The van der Waals surface area contributed by atoms with E-state index in [1.54, 1.807) is 0 Å². The van der Waals surface area contributed by atoms with E-state index in [0.29, 0.717) is 12.8 Å². The van der Waals surface area contributed by atoms with Crippen LogP contribution < -0.4 is 11.2 Å². The minimum atomic E-state index is -5.75. The molecule has 6 atom stereocenters. The van der Waals surface area contributed by atoms with E-state index in [4.69, 9.17) is 19.4 Å². The van der Waals surface area contributed by atoms with Crippen molar-refractivity contribution in [3.8, 4) is 0 Å². The summed E-state index contributed by atoms with van der Waals surface area (Å²) in [6.07, 6.45) is -1.14. The van der Waals surface area contributed by atoms with E-state index < -0.39 is 65.7 Å². The van der Waals surface area contributed by atoms with Gasteiger partial charge in [-0.2, -0.15) is 8.62 Å². The summed E-state index contributed by atoms with van der Waals surface area (Å²) in [7, 11) is -16.8. The maximum absolute atomic E-state index is 12.4. The van der Waals surface area contributed by atoms with E-state index in [1.807, 2.05) is 0 Å². The smallest absolute Gasteiger partial charge is 0.387 e. The van der Waals surface area contributed by atoms with Gasteiger partial charge < -0.3 is 34.5 Å². The molecule has 2 heterocycles. The minimum absolute atomic E-state index is 0.184. The van der Waals surface area contributed by atoms with Crippen LogP contribution in [0, 0.1) is 0 Å². The number of H-pyrrole nitrogens is 1. The third kappa shape index (κ3) is 7.49. The summed E-state index contributed by atoms with van der Waals surface area (Å²) in [5.74, 6) is 0. The van der Waals surface area contributed by atoms with Gasteiger partial charge in [-0.25, -0.2) is 18.5 Å². The van der Waals surface area contributed by atoms with Crippen LogP contribution in [0.1, 0.15) is 49.8 Å². The number of aromatic nitrogens is 2. The fourth-order valence-corrected chi connectivity index (χ4v) is 6.98. The molecule has 0 amide bonds. The summed E-state index contributed by atoms with van der Waals surface area (Å²) in [4.78, 5) is 62.6. The molecule has 0 bridgehead atoms. The summed E-state index contributed by atoms with van der Waals surface area (Å²) in [5.41, 5.74) is -1.72. The van der Waals surface area contributed by atoms with E-state index in [-0.39, 0.29) is 11.6 Å². The second-order valence-corrected chi connectivity index (χ2v) is 12.4. The van der Waals surface area contributed by atoms with Crippen molar-refractivity contribution in [3.05, 3.63) is 32.6 Å². The van der Waals surface area contributed by atoms with Crippen LogP contribution in [0.25, 0.3) is 0 Å². The van der Waals surface area contributed by atoms with E-state index in [1.165, 1.54) is 10.8 Å². The quantitative estimate of drug-likeness (QED) is 0.187. The second-order valence-electron chi connectivity index (χ2n) is 8.01. The fraction of sp³-hybridized carbons (Fsp3) is 0.733. The average Bonchev–Trinajstić information content (AvgIpc) is 2.99. The second kappa shape index (κ2) is 10.8. The molecule has 35 heavy (non-hydrogen) atoms. The number of phosphoric acid groups is 3. The van der Waals surface area contributed by atoms with Crippen molar-refractivity contribution in [3.63, 3.8) is 0 Å². The maximum atomic E-state index is 12.4. The molecule has 2 aliphatic rings. The van der Waals surface area contributed by atoms with Gasteiger partial charge in [-0.3, -0.25) is 18.9 Å². The number of hydrogen-bond acceptors (Lipinski definition) is 11. The fourth-order valence-electron chi connectivity index (χ4n) is 3.95. The maximum Gasteiger partial charge on any atom is 0.490 e. The van der Waals surface area contributed by atoms with Gasteiger partial charge in [0.1, 0.15) is 24.4 Å². The number of ether oxygens (including phenoxy) is 1. The molecule has 3 rings (SSSR count). The molecule has 7 N–H and O–H groups in total. The molecule has 1 saturated carbocycles. The van der Waals surface area contributed by atoms with Gasteiger partial charge in [0.2, 0.25) is 0 Å². The van der Waals surface area contributed by atoms with Crippen LogP contribution in [-0.2, 0) is 31.6 Å². The summed E-state index contributed by atoms with van der Waals surface area (Å²) in [5, 5.41) is 20.7. The Morgan fingerprint density at radius 2 is 1.60 bits per heavy atom. The van der Waals surface area contributed by atoms with Crippen molar-refractivity contribution in [2.45, 2.75) is 62.6 Å². The highest BCUT2D eigenvalue weighted by Crippen LogP contribution is 2.66. The predicted octanol–water partition coefficient (Wildman–Crippen LogP) is -0.453. The Morgan fingerprint density at radius 1 is 0.971 bits per heavy atom. The predicted molar refractivity (Wildman–Crippen MR) is 113 cm³/mol. The normalized spacial score (nSPS) is 29.5. The van der Waals surface area contributed by atoms with E-state index in [0.717, 1.165) is 19.3 Å². The molecular weight excluding hydrogens is 541 g/mol. The third-order valence-corrected chi connectivity index (χ3v) is 9.25. The van der Waals surface area contributed by atoms with Crippen LogP contribution in [0.15, 0.2) is 15.8 Å². The largest absolute Gasteiger partial charge is 0.490 e. The molecule has 0 aromatic carbocycles. The molecular formula is C15H25N2O15P3. The Morgan fingerprint density at radius 3 is 2.20 bits per heavy atom. The monoisotopic (exact) mass is 566 g/mol. The standard InChI is InChI=1S/C15H25N2O15P3/c18-11-10(7-29-34(25,26)32-35(27,28)31-33(22,23)24)30-13(12(11)19)9-6-17(15(21)16-14(9)20)8-4-2-1-3-5-8/h6,8,10-13,18-19H,1-5,7H2,(H,25,26)(H,27,28)(H,16,20,21)(H2,22,23,24)/t10-,11-,12-,13+/m1/s1. The first-order chi connectivity index (χ1) is 16.1. The number of aromatic amines is 1. The van der Waals surface area contributed by atoms with Crippen LogP contribution in [0.5, 0.6) is 0 Å². The highest BCUT2D eigenvalue weighted by molar-refractivity contribution is 7.66. The topological polar surface area (TPSA) is 264 Å². The number of aliphatic hydroxyl groups is 2. The first kappa shape index (κ1) is 28.5. The van der Waals surface area contributed by atoms with Gasteiger partial charge in [0, 0.05) is 12.2 Å². The number of nitrogens with one attached hydrogen (secondary N) is 1. The summed E-state index contributed by atoms with van der Waals surface area (Å²) in [6.45, 7) is -1.03. The Hall–Kier alpha value is -1.03. The molecule has 0 radical (unpaired) electrons. The number of rotatable bonds is 9. The van der Waals surface area contributed by atoms with Crippen molar-refractivity contribution >= 4 is 23.5 Å². The van der Waals surface area contributed by atoms with E-state index >= 15 is 0 Å². The van der Waals surface area contributed by atoms with Gasteiger partial charge in [0.25, 0.3) is 5.56 Å². The average molecular weight is 566 g/mol. The highest BCUT2D eigenvalue weighted by atomic mass is 31.3. The van der Waals surface area contributed by atoms with Crippen molar-refractivity contribution in [1.29, 1.82) is 0 Å². The third-order valence-electron chi connectivity index (χ3n) is 5.45. The lowest BCUT2D eigenvalue weighted by atomic mass is 9.95. The molecule has 17 nitrogen and oxygen atoms in total. The summed E-state index contributed by atoms with van der Waals surface area (Å²) >= 11 is 0. The molecule has 1 aromatic rings. The Kier molecular flexibility index (Phi) is 8.77. The van der Waals surface area contributed by atoms with Crippen molar-refractivity contribution < 1.29 is 61.4 Å². The van der Waals surface area contributed by atoms with Gasteiger partial charge in [-0.05, 0) is 12.8 Å². The summed E-state index contributed by atoms with van der Waals surface area (Å²) in [6, 6.07) is -0.184. The summed E-state index contributed by atoms with van der Waals surface area (Å²) < 4.78 is 52.2. The number of phosphoric ester groups is 1. The van der Waals surface area contributed by atoms with Crippen molar-refractivity contribution in [1.82, 2.24) is 9.55 Å².